The number of ether oxygens (including phenoxy) is 1. The molecule has 0 atom stereocenters. The highest BCUT2D eigenvalue weighted by molar-refractivity contribution is 6.31. The lowest BCUT2D eigenvalue weighted by molar-refractivity contribution is 0.416. The third-order valence-corrected chi connectivity index (χ3v) is 4.01. The van der Waals surface area contributed by atoms with Gasteiger partial charge in [-0.25, -0.2) is 0 Å². The quantitative estimate of drug-likeness (QED) is 0.694. The van der Waals surface area contributed by atoms with E-state index in [4.69, 9.17) is 16.3 Å². The zero-order valence-corrected chi connectivity index (χ0v) is 14.9. The van der Waals surface area contributed by atoms with Crippen LogP contribution in [0.1, 0.15) is 11.1 Å². The number of nitrogens with one attached hydrogen (secondary N) is 2. The molecule has 25 heavy (non-hydrogen) atoms. The normalized spacial score (nSPS) is 10.4. The van der Waals surface area contributed by atoms with Crippen LogP contribution in [0.2, 0.25) is 5.02 Å². The van der Waals surface area contributed by atoms with Gasteiger partial charge in [-0.2, -0.15) is 10.1 Å². The van der Waals surface area contributed by atoms with E-state index in [0.717, 1.165) is 22.5 Å². The van der Waals surface area contributed by atoms with Gasteiger partial charge in [-0.1, -0.05) is 23.7 Å². The van der Waals surface area contributed by atoms with Crippen molar-refractivity contribution in [2.24, 2.45) is 0 Å². The first-order valence-electron chi connectivity index (χ1n) is 7.70. The second-order valence-electron chi connectivity index (χ2n) is 5.58. The summed E-state index contributed by atoms with van der Waals surface area (Å²) in [5, 5.41) is 15.0. The summed E-state index contributed by atoms with van der Waals surface area (Å²) in [6.45, 7) is 3.96. The molecule has 0 saturated heterocycles. The Morgan fingerprint density at radius 1 is 1.04 bits per heavy atom. The predicted molar refractivity (Wildman–Crippen MR) is 100 cm³/mol. The first-order valence-corrected chi connectivity index (χ1v) is 8.07. The minimum atomic E-state index is 0.368. The first kappa shape index (κ1) is 17.0. The van der Waals surface area contributed by atoms with E-state index in [2.05, 4.69) is 25.8 Å². The Labute approximate surface area is 151 Å². The van der Waals surface area contributed by atoms with Gasteiger partial charge in [-0.3, -0.25) is 0 Å². The van der Waals surface area contributed by atoms with Gasteiger partial charge in [0.1, 0.15) is 5.75 Å². The molecule has 2 N–H and O–H groups in total. The van der Waals surface area contributed by atoms with E-state index < -0.39 is 0 Å². The van der Waals surface area contributed by atoms with Crippen molar-refractivity contribution in [1.82, 2.24) is 15.2 Å². The SMILES string of the molecule is COc1ccc(C)cc1Nc1nncc(Nc2ccc(C)c(Cl)c2)n1. The molecule has 3 aromatic rings. The Bertz CT molecular complexity index is 900. The van der Waals surface area contributed by atoms with Gasteiger partial charge in [0.2, 0.25) is 5.95 Å². The molecule has 1 heterocycles. The highest BCUT2D eigenvalue weighted by Gasteiger charge is 2.07. The number of hydrogen-bond donors (Lipinski definition) is 2. The predicted octanol–water partition coefficient (Wildman–Crippen LogP) is 4.64. The summed E-state index contributed by atoms with van der Waals surface area (Å²) in [6.07, 6.45) is 1.55. The zero-order valence-electron chi connectivity index (χ0n) is 14.2. The molecule has 7 heteroatoms. The lowest BCUT2D eigenvalue weighted by Crippen LogP contribution is -2.03. The minimum Gasteiger partial charge on any atom is -0.495 e. The van der Waals surface area contributed by atoms with Crippen molar-refractivity contribution in [1.29, 1.82) is 0 Å². The number of halogens is 1. The van der Waals surface area contributed by atoms with E-state index in [9.17, 15) is 0 Å². The monoisotopic (exact) mass is 355 g/mol. The molecule has 0 spiro atoms. The maximum absolute atomic E-state index is 6.15. The van der Waals surface area contributed by atoms with Gasteiger partial charge in [0.05, 0.1) is 19.0 Å². The van der Waals surface area contributed by atoms with Crippen LogP contribution in [0.25, 0.3) is 0 Å². The van der Waals surface area contributed by atoms with Gasteiger partial charge >= 0.3 is 0 Å². The largest absolute Gasteiger partial charge is 0.495 e. The van der Waals surface area contributed by atoms with E-state index in [0.29, 0.717) is 22.5 Å². The third kappa shape index (κ3) is 4.16. The highest BCUT2D eigenvalue weighted by atomic mass is 35.5. The molecule has 2 aromatic carbocycles. The molecule has 0 aliphatic heterocycles. The number of rotatable bonds is 5. The third-order valence-electron chi connectivity index (χ3n) is 3.60. The van der Waals surface area contributed by atoms with Crippen LogP contribution in [0.4, 0.5) is 23.1 Å². The summed E-state index contributed by atoms with van der Waals surface area (Å²) >= 11 is 6.15. The highest BCUT2D eigenvalue weighted by Crippen LogP contribution is 2.28. The average Bonchev–Trinajstić information content (AvgIpc) is 2.59. The molecule has 0 fully saturated rings. The number of aromatic nitrogens is 3. The van der Waals surface area contributed by atoms with Crippen molar-refractivity contribution >= 4 is 34.7 Å². The molecular weight excluding hydrogens is 338 g/mol. The smallest absolute Gasteiger partial charge is 0.249 e. The van der Waals surface area contributed by atoms with Crippen molar-refractivity contribution in [2.75, 3.05) is 17.7 Å². The van der Waals surface area contributed by atoms with E-state index in [1.54, 1.807) is 13.3 Å². The number of methoxy groups -OCH3 is 1. The molecule has 0 saturated carbocycles. The average molecular weight is 356 g/mol. The van der Waals surface area contributed by atoms with Crippen molar-refractivity contribution < 1.29 is 4.74 Å². The summed E-state index contributed by atoms with van der Waals surface area (Å²) in [4.78, 5) is 4.43. The van der Waals surface area contributed by atoms with Gasteiger partial charge < -0.3 is 15.4 Å². The Balaban J connectivity index is 1.82. The Kier molecular flexibility index (Phi) is 5.00. The first-order chi connectivity index (χ1) is 12.0. The molecular formula is C18H18ClN5O. The lowest BCUT2D eigenvalue weighted by Gasteiger charge is -2.11. The fraction of sp³-hybridized carbons (Fsp3) is 0.167. The fourth-order valence-electron chi connectivity index (χ4n) is 2.28. The lowest BCUT2D eigenvalue weighted by atomic mass is 10.2. The Morgan fingerprint density at radius 3 is 2.64 bits per heavy atom. The van der Waals surface area contributed by atoms with Crippen LogP contribution in [-0.4, -0.2) is 22.3 Å². The van der Waals surface area contributed by atoms with Gasteiger partial charge in [0.15, 0.2) is 5.82 Å². The van der Waals surface area contributed by atoms with Crippen LogP contribution < -0.4 is 15.4 Å². The van der Waals surface area contributed by atoms with E-state index >= 15 is 0 Å². The van der Waals surface area contributed by atoms with Crippen molar-refractivity contribution in [3.63, 3.8) is 0 Å². The second-order valence-corrected chi connectivity index (χ2v) is 5.99. The summed E-state index contributed by atoms with van der Waals surface area (Å²) in [7, 11) is 1.62. The van der Waals surface area contributed by atoms with Crippen LogP contribution >= 0.6 is 11.6 Å². The van der Waals surface area contributed by atoms with Crippen molar-refractivity contribution in [3.05, 3.63) is 58.7 Å². The molecule has 0 bridgehead atoms. The molecule has 128 valence electrons. The van der Waals surface area contributed by atoms with Crippen LogP contribution in [0.15, 0.2) is 42.6 Å². The standard InChI is InChI=1S/C18H18ClN5O/c1-11-4-7-16(25-3)15(8-11)22-18-23-17(10-20-24-18)21-13-6-5-12(2)14(19)9-13/h4-10H,1-3H3,(H2,21,22,23,24). The maximum atomic E-state index is 6.15. The number of aryl methyl sites for hydroxylation is 2. The van der Waals surface area contributed by atoms with Crippen LogP contribution in [0, 0.1) is 13.8 Å². The zero-order chi connectivity index (χ0) is 17.8. The molecule has 3 rings (SSSR count). The second kappa shape index (κ2) is 7.36. The van der Waals surface area contributed by atoms with Crippen LogP contribution in [0.3, 0.4) is 0 Å². The van der Waals surface area contributed by atoms with Gasteiger partial charge in [0.25, 0.3) is 0 Å². The topological polar surface area (TPSA) is 72.0 Å². The van der Waals surface area contributed by atoms with E-state index in [1.807, 2.05) is 50.2 Å². The number of anilines is 4. The van der Waals surface area contributed by atoms with Gasteiger partial charge in [-0.05, 0) is 49.2 Å². The molecule has 1 aromatic heterocycles. The number of benzene rings is 2. The van der Waals surface area contributed by atoms with Crippen molar-refractivity contribution in [3.8, 4) is 5.75 Å². The minimum absolute atomic E-state index is 0.368. The molecule has 0 amide bonds. The number of hydrogen-bond acceptors (Lipinski definition) is 6. The van der Waals surface area contributed by atoms with Crippen LogP contribution in [0.5, 0.6) is 5.75 Å². The molecule has 0 aliphatic carbocycles. The summed E-state index contributed by atoms with van der Waals surface area (Å²) in [6, 6.07) is 11.5. The maximum Gasteiger partial charge on any atom is 0.249 e. The van der Waals surface area contributed by atoms with E-state index in [-0.39, 0.29) is 0 Å². The van der Waals surface area contributed by atoms with Gasteiger partial charge in [0, 0.05) is 10.7 Å². The number of nitrogens with zero attached hydrogens (tertiary/aromatic N) is 3. The molecule has 0 radical (unpaired) electrons. The summed E-state index contributed by atoms with van der Waals surface area (Å²) in [5.41, 5.74) is 3.72. The Hall–Kier alpha value is -2.86. The summed E-state index contributed by atoms with van der Waals surface area (Å²) < 4.78 is 5.35. The summed E-state index contributed by atoms with van der Waals surface area (Å²) in [5.74, 6) is 1.63. The van der Waals surface area contributed by atoms with Crippen LogP contribution in [-0.2, 0) is 0 Å². The molecule has 0 unspecified atom stereocenters. The molecule has 0 aliphatic rings. The fourth-order valence-corrected chi connectivity index (χ4v) is 2.46. The van der Waals surface area contributed by atoms with Gasteiger partial charge in [-0.15, -0.1) is 5.10 Å². The molecule has 6 nitrogen and oxygen atoms in total. The Morgan fingerprint density at radius 2 is 1.88 bits per heavy atom. The van der Waals surface area contributed by atoms with Crippen molar-refractivity contribution in [2.45, 2.75) is 13.8 Å². The van der Waals surface area contributed by atoms with E-state index in [1.165, 1.54) is 0 Å².